The Labute approximate surface area is 148 Å². The molecule has 138 valence electrons. The summed E-state index contributed by atoms with van der Waals surface area (Å²) < 4.78 is 29.3. The molecule has 1 N–H and O–H groups in total. The number of carbonyl (C=O) groups is 2. The summed E-state index contributed by atoms with van der Waals surface area (Å²) >= 11 is 0. The molecule has 1 saturated heterocycles. The Balaban J connectivity index is 1.74. The van der Waals surface area contributed by atoms with E-state index in [1.807, 2.05) is 37.3 Å². The second-order valence-corrected chi connectivity index (χ2v) is 8.23. The van der Waals surface area contributed by atoms with Crippen molar-refractivity contribution in [1.29, 1.82) is 0 Å². The molecule has 1 amide bonds. The van der Waals surface area contributed by atoms with Crippen molar-refractivity contribution in [2.75, 3.05) is 26.0 Å². The van der Waals surface area contributed by atoms with Crippen LogP contribution < -0.4 is 5.32 Å². The van der Waals surface area contributed by atoms with Gasteiger partial charge in [0.25, 0.3) is 5.91 Å². The minimum absolute atomic E-state index is 0.176. The van der Waals surface area contributed by atoms with Gasteiger partial charge in [-0.05, 0) is 25.3 Å². The Morgan fingerprint density at radius 3 is 2.40 bits per heavy atom. The summed E-state index contributed by atoms with van der Waals surface area (Å²) in [4.78, 5) is 24.0. The van der Waals surface area contributed by atoms with E-state index in [2.05, 4.69) is 5.32 Å². The molecule has 1 unspecified atom stereocenters. The van der Waals surface area contributed by atoms with Crippen molar-refractivity contribution >= 4 is 21.9 Å². The van der Waals surface area contributed by atoms with Crippen LogP contribution in [0.3, 0.4) is 0 Å². The third-order valence-electron chi connectivity index (χ3n) is 4.28. The first kappa shape index (κ1) is 19.4. The summed E-state index contributed by atoms with van der Waals surface area (Å²) in [5.41, 5.74) is 0.968. The zero-order valence-electron chi connectivity index (χ0n) is 14.5. The van der Waals surface area contributed by atoms with E-state index < -0.39 is 16.0 Å². The zero-order valence-corrected chi connectivity index (χ0v) is 15.3. The van der Waals surface area contributed by atoms with Gasteiger partial charge in [0, 0.05) is 13.1 Å². The maximum absolute atomic E-state index is 12.0. The van der Waals surface area contributed by atoms with Crippen LogP contribution in [0.2, 0.25) is 0 Å². The third-order valence-corrected chi connectivity index (χ3v) is 5.58. The minimum atomic E-state index is -3.22. The number of esters is 1. The van der Waals surface area contributed by atoms with Crippen molar-refractivity contribution in [3.63, 3.8) is 0 Å². The van der Waals surface area contributed by atoms with Crippen molar-refractivity contribution in [2.24, 2.45) is 5.92 Å². The highest BCUT2D eigenvalue weighted by Crippen LogP contribution is 2.20. The molecule has 0 aliphatic carbocycles. The molecule has 0 spiro atoms. The molecule has 1 fully saturated rings. The van der Waals surface area contributed by atoms with Gasteiger partial charge in [0.2, 0.25) is 10.0 Å². The number of sulfonamides is 1. The van der Waals surface area contributed by atoms with E-state index in [1.54, 1.807) is 0 Å². The molecule has 0 saturated carbocycles. The Bertz CT molecular complexity index is 697. The lowest BCUT2D eigenvalue weighted by atomic mass is 9.98. The van der Waals surface area contributed by atoms with Crippen LogP contribution in [0, 0.1) is 5.92 Å². The Morgan fingerprint density at radius 1 is 1.24 bits per heavy atom. The molecule has 1 aliphatic rings. The van der Waals surface area contributed by atoms with Gasteiger partial charge < -0.3 is 10.1 Å². The van der Waals surface area contributed by atoms with Gasteiger partial charge in [-0.2, -0.15) is 0 Å². The molecule has 25 heavy (non-hydrogen) atoms. The summed E-state index contributed by atoms with van der Waals surface area (Å²) in [5, 5.41) is 2.78. The fourth-order valence-corrected chi connectivity index (χ4v) is 3.66. The molecule has 0 aromatic heterocycles. The maximum atomic E-state index is 12.0. The summed E-state index contributed by atoms with van der Waals surface area (Å²) in [6.07, 6.45) is 1.98. The smallest absolute Gasteiger partial charge is 0.309 e. The Hall–Kier alpha value is -1.93. The van der Waals surface area contributed by atoms with Crippen LogP contribution in [0.15, 0.2) is 30.3 Å². The average Bonchev–Trinajstić information content (AvgIpc) is 2.59. The molecule has 0 radical (unpaired) electrons. The van der Waals surface area contributed by atoms with Crippen LogP contribution in [0.1, 0.15) is 31.4 Å². The molecule has 1 aromatic rings. The van der Waals surface area contributed by atoms with Crippen LogP contribution in [-0.2, 0) is 24.3 Å². The fourth-order valence-electron chi connectivity index (χ4n) is 2.79. The number of hydrogen-bond acceptors (Lipinski definition) is 5. The predicted octanol–water partition coefficient (Wildman–Crippen LogP) is 1.08. The summed E-state index contributed by atoms with van der Waals surface area (Å²) in [5.74, 6) is -1.17. The molecule has 0 bridgehead atoms. The van der Waals surface area contributed by atoms with Crippen LogP contribution in [0.4, 0.5) is 0 Å². The standard InChI is InChI=1S/C17H24N2O5S/c1-13(14-6-4-3-5-7-14)18-16(20)12-24-17(21)15-8-10-19(11-9-15)25(2,22)23/h3-7,13,15H,8-12H2,1-2H3,(H,18,20). The number of amides is 1. The summed E-state index contributed by atoms with van der Waals surface area (Å²) in [6.45, 7) is 2.13. The number of benzene rings is 1. The second kappa shape index (κ2) is 8.44. The minimum Gasteiger partial charge on any atom is -0.455 e. The van der Waals surface area contributed by atoms with Gasteiger partial charge in [-0.15, -0.1) is 0 Å². The van der Waals surface area contributed by atoms with Crippen molar-refractivity contribution in [3.8, 4) is 0 Å². The van der Waals surface area contributed by atoms with Gasteiger partial charge in [0.1, 0.15) is 0 Å². The van der Waals surface area contributed by atoms with Gasteiger partial charge >= 0.3 is 5.97 Å². The second-order valence-electron chi connectivity index (χ2n) is 6.24. The molecule has 2 rings (SSSR count). The Kier molecular flexibility index (Phi) is 6.55. The van der Waals surface area contributed by atoms with Crippen LogP contribution in [-0.4, -0.2) is 50.6 Å². The molecular formula is C17H24N2O5S. The van der Waals surface area contributed by atoms with Crippen LogP contribution in [0.25, 0.3) is 0 Å². The van der Waals surface area contributed by atoms with Crippen molar-refractivity contribution < 1.29 is 22.7 Å². The van der Waals surface area contributed by atoms with Gasteiger partial charge in [0.05, 0.1) is 18.2 Å². The number of rotatable bonds is 6. The lowest BCUT2D eigenvalue weighted by molar-refractivity contribution is -0.153. The SMILES string of the molecule is CC(NC(=O)COC(=O)C1CCN(S(C)(=O)=O)CC1)c1ccccc1. The number of nitrogens with one attached hydrogen (secondary N) is 1. The molecule has 1 atom stereocenters. The molecule has 1 aliphatic heterocycles. The zero-order chi connectivity index (χ0) is 18.4. The van der Waals surface area contributed by atoms with E-state index in [1.165, 1.54) is 4.31 Å². The summed E-state index contributed by atoms with van der Waals surface area (Å²) in [7, 11) is -3.22. The molecular weight excluding hydrogens is 344 g/mol. The van der Waals surface area contributed by atoms with Gasteiger partial charge in [-0.3, -0.25) is 9.59 Å². The first-order valence-corrected chi connectivity index (χ1v) is 10.1. The number of nitrogens with zero attached hydrogens (tertiary/aromatic N) is 1. The highest BCUT2D eigenvalue weighted by atomic mass is 32.2. The molecule has 8 heteroatoms. The van der Waals surface area contributed by atoms with Crippen molar-refractivity contribution in [2.45, 2.75) is 25.8 Å². The van der Waals surface area contributed by atoms with E-state index in [9.17, 15) is 18.0 Å². The monoisotopic (exact) mass is 368 g/mol. The molecule has 7 nitrogen and oxygen atoms in total. The topological polar surface area (TPSA) is 92.8 Å². The first-order valence-electron chi connectivity index (χ1n) is 8.23. The quantitative estimate of drug-likeness (QED) is 0.759. The van der Waals surface area contributed by atoms with Crippen LogP contribution >= 0.6 is 0 Å². The number of carbonyl (C=O) groups excluding carboxylic acids is 2. The number of piperidine rings is 1. The van der Waals surface area contributed by atoms with Crippen molar-refractivity contribution in [1.82, 2.24) is 9.62 Å². The van der Waals surface area contributed by atoms with E-state index in [-0.39, 0.29) is 24.5 Å². The lowest BCUT2D eigenvalue weighted by Crippen LogP contribution is -2.40. The molecule has 1 heterocycles. The van der Waals surface area contributed by atoms with Gasteiger partial charge in [-0.25, -0.2) is 12.7 Å². The van der Waals surface area contributed by atoms with E-state index in [0.717, 1.165) is 11.8 Å². The third kappa shape index (κ3) is 5.82. The average molecular weight is 368 g/mol. The highest BCUT2D eigenvalue weighted by Gasteiger charge is 2.30. The van der Waals surface area contributed by atoms with Gasteiger partial charge in [-0.1, -0.05) is 30.3 Å². The maximum Gasteiger partial charge on any atom is 0.309 e. The van der Waals surface area contributed by atoms with E-state index >= 15 is 0 Å². The number of hydrogen-bond donors (Lipinski definition) is 1. The van der Waals surface area contributed by atoms with Crippen LogP contribution in [0.5, 0.6) is 0 Å². The molecule has 1 aromatic carbocycles. The largest absolute Gasteiger partial charge is 0.455 e. The first-order chi connectivity index (χ1) is 11.8. The summed E-state index contributed by atoms with van der Waals surface area (Å²) in [6, 6.07) is 9.32. The van der Waals surface area contributed by atoms with E-state index in [4.69, 9.17) is 4.74 Å². The number of ether oxygens (including phenoxy) is 1. The normalized spacial score (nSPS) is 17.7. The van der Waals surface area contributed by atoms with Gasteiger partial charge in [0.15, 0.2) is 6.61 Å². The highest BCUT2D eigenvalue weighted by molar-refractivity contribution is 7.88. The fraction of sp³-hybridized carbons (Fsp3) is 0.529. The Morgan fingerprint density at radius 2 is 1.84 bits per heavy atom. The lowest BCUT2D eigenvalue weighted by Gasteiger charge is -2.28. The predicted molar refractivity (Wildman–Crippen MR) is 93.1 cm³/mol. The van der Waals surface area contributed by atoms with E-state index in [0.29, 0.717) is 25.9 Å². The van der Waals surface area contributed by atoms with Crippen molar-refractivity contribution in [3.05, 3.63) is 35.9 Å².